The first-order chi connectivity index (χ1) is 13.0. The lowest BCUT2D eigenvalue weighted by Gasteiger charge is -2.28. The van der Waals surface area contributed by atoms with Crippen molar-refractivity contribution in [3.05, 3.63) is 59.7 Å². The predicted octanol–water partition coefficient (Wildman–Crippen LogP) is 5.36. The number of alkyl halides is 2. The third kappa shape index (κ3) is 5.78. The summed E-state index contributed by atoms with van der Waals surface area (Å²) in [5.74, 6) is 0.884. The first-order valence-corrected chi connectivity index (χ1v) is 9.61. The topological polar surface area (TPSA) is 41.9 Å². The summed E-state index contributed by atoms with van der Waals surface area (Å²) in [7, 11) is 0. The second-order valence-electron chi connectivity index (χ2n) is 6.06. The van der Waals surface area contributed by atoms with Gasteiger partial charge in [0.2, 0.25) is 0 Å². The number of hydrogen-bond acceptors (Lipinski definition) is 5. The minimum atomic E-state index is -2.88. The van der Waals surface area contributed by atoms with Gasteiger partial charge in [0.25, 0.3) is 0 Å². The number of carbonyl (C=O) groups is 1. The third-order valence-corrected chi connectivity index (χ3v) is 5.22. The van der Waals surface area contributed by atoms with Crippen LogP contribution in [0.3, 0.4) is 0 Å². The quantitative estimate of drug-likeness (QED) is 0.533. The van der Waals surface area contributed by atoms with Crippen LogP contribution in [0.5, 0.6) is 5.75 Å². The van der Waals surface area contributed by atoms with Crippen molar-refractivity contribution < 1.29 is 18.3 Å². The molecule has 2 aromatic carbocycles. The highest BCUT2D eigenvalue weighted by atomic mass is 79.9. The van der Waals surface area contributed by atoms with Gasteiger partial charge in [0, 0.05) is 23.5 Å². The largest absolute Gasteiger partial charge is 0.435 e. The van der Waals surface area contributed by atoms with Crippen LogP contribution in [0.2, 0.25) is 0 Å². The van der Waals surface area contributed by atoms with Gasteiger partial charge in [0.1, 0.15) is 5.75 Å². The molecule has 3 rings (SSSR count). The van der Waals surface area contributed by atoms with Gasteiger partial charge >= 0.3 is 6.61 Å². The van der Waals surface area contributed by atoms with E-state index in [9.17, 15) is 13.6 Å². The average Bonchev–Trinajstić information content (AvgIpc) is 2.67. The number of hydrogen-bond donors (Lipinski definition) is 0. The van der Waals surface area contributed by atoms with Gasteiger partial charge in [-0.05, 0) is 49.2 Å². The molecule has 0 atom stereocenters. The lowest BCUT2D eigenvalue weighted by atomic mass is 10.1. The Labute approximate surface area is 177 Å². The number of ketones is 1. The van der Waals surface area contributed by atoms with Gasteiger partial charge < -0.3 is 9.64 Å². The Balaban J connectivity index is 0.00000280. The molecule has 0 fully saturated rings. The van der Waals surface area contributed by atoms with E-state index in [2.05, 4.69) is 9.73 Å². The smallest absolute Gasteiger partial charge is 0.387 e. The molecule has 0 amide bonds. The van der Waals surface area contributed by atoms with E-state index in [0.717, 1.165) is 35.1 Å². The van der Waals surface area contributed by atoms with Crippen molar-refractivity contribution in [2.24, 2.45) is 4.99 Å². The van der Waals surface area contributed by atoms with Gasteiger partial charge in [-0.15, -0.1) is 17.0 Å². The molecule has 28 heavy (non-hydrogen) atoms. The maximum absolute atomic E-state index is 12.8. The number of para-hydroxylation sites is 1. The number of rotatable bonds is 6. The molecule has 0 unspecified atom stereocenters. The van der Waals surface area contributed by atoms with E-state index < -0.39 is 6.61 Å². The van der Waals surface area contributed by atoms with Crippen LogP contribution in [-0.2, 0) is 0 Å². The SMILES string of the molecule is Br.Cc1ccccc1N(CC(=O)c1ccc(OC(F)F)cc1)C1=NCCCS1. The van der Waals surface area contributed by atoms with E-state index in [-0.39, 0.29) is 35.1 Å². The number of carbonyl (C=O) groups excluding carboxylic acids is 1. The fourth-order valence-corrected chi connectivity index (χ4v) is 3.75. The van der Waals surface area contributed by atoms with Crippen LogP contribution >= 0.6 is 28.7 Å². The predicted molar refractivity (Wildman–Crippen MR) is 116 cm³/mol. The number of Topliss-reactive ketones (excluding diaryl/α,β-unsaturated/α-hetero) is 1. The molecule has 150 valence electrons. The van der Waals surface area contributed by atoms with Crippen LogP contribution < -0.4 is 9.64 Å². The highest BCUT2D eigenvalue weighted by Crippen LogP contribution is 2.26. The molecule has 2 aromatic rings. The van der Waals surface area contributed by atoms with E-state index in [1.807, 2.05) is 36.1 Å². The molecule has 1 aliphatic heterocycles. The molecule has 0 saturated heterocycles. The molecule has 0 aromatic heterocycles. The molecule has 0 saturated carbocycles. The molecule has 0 aliphatic carbocycles. The highest BCUT2D eigenvalue weighted by Gasteiger charge is 2.21. The second-order valence-corrected chi connectivity index (χ2v) is 7.13. The summed E-state index contributed by atoms with van der Waals surface area (Å²) in [4.78, 5) is 19.3. The van der Waals surface area contributed by atoms with Crippen LogP contribution in [-0.4, -0.2) is 36.4 Å². The normalized spacial score (nSPS) is 13.5. The molecule has 8 heteroatoms. The summed E-state index contributed by atoms with van der Waals surface area (Å²) < 4.78 is 28.9. The van der Waals surface area contributed by atoms with E-state index in [1.54, 1.807) is 11.8 Å². The zero-order chi connectivity index (χ0) is 19.2. The molecule has 0 radical (unpaired) electrons. The molecule has 0 bridgehead atoms. The third-order valence-electron chi connectivity index (χ3n) is 4.12. The van der Waals surface area contributed by atoms with Crippen molar-refractivity contribution in [1.29, 1.82) is 0 Å². The maximum atomic E-state index is 12.8. The summed E-state index contributed by atoms with van der Waals surface area (Å²) in [5, 5.41) is 0.835. The van der Waals surface area contributed by atoms with E-state index in [1.165, 1.54) is 24.3 Å². The molecular formula is C20H21BrF2N2O2S. The Bertz CT molecular complexity index is 831. The van der Waals surface area contributed by atoms with Crippen molar-refractivity contribution in [1.82, 2.24) is 0 Å². The zero-order valence-electron chi connectivity index (χ0n) is 15.3. The van der Waals surface area contributed by atoms with Crippen LogP contribution in [0, 0.1) is 6.92 Å². The van der Waals surface area contributed by atoms with Crippen LogP contribution in [0.4, 0.5) is 14.5 Å². The number of ether oxygens (including phenoxy) is 1. The lowest BCUT2D eigenvalue weighted by molar-refractivity contribution is -0.0498. The molecule has 0 N–H and O–H groups in total. The number of halogens is 3. The minimum absolute atomic E-state index is 0. The average molecular weight is 471 g/mol. The number of nitrogens with zero attached hydrogens (tertiary/aromatic N) is 2. The number of thioether (sulfide) groups is 1. The van der Waals surface area contributed by atoms with E-state index in [4.69, 9.17) is 0 Å². The Morgan fingerprint density at radius 1 is 1.21 bits per heavy atom. The number of amidine groups is 1. The van der Waals surface area contributed by atoms with E-state index in [0.29, 0.717) is 5.56 Å². The molecule has 4 nitrogen and oxygen atoms in total. The van der Waals surface area contributed by atoms with E-state index >= 15 is 0 Å². The van der Waals surface area contributed by atoms with Crippen molar-refractivity contribution in [2.45, 2.75) is 20.0 Å². The fourth-order valence-electron chi connectivity index (χ4n) is 2.79. The number of aliphatic imine (C=N–C) groups is 1. The first kappa shape index (κ1) is 22.4. The van der Waals surface area contributed by atoms with Crippen LogP contribution in [0.1, 0.15) is 22.3 Å². The number of benzene rings is 2. The van der Waals surface area contributed by atoms with Crippen molar-refractivity contribution in [3.8, 4) is 5.75 Å². The Hall–Kier alpha value is -1.93. The zero-order valence-corrected chi connectivity index (χ0v) is 17.8. The molecule has 1 aliphatic rings. The minimum Gasteiger partial charge on any atom is -0.435 e. The summed E-state index contributed by atoms with van der Waals surface area (Å²) in [6, 6.07) is 13.6. The number of aryl methyl sites for hydroxylation is 1. The second kappa shape index (κ2) is 10.6. The Morgan fingerprint density at radius 3 is 2.54 bits per heavy atom. The standard InChI is InChI=1S/C20H20F2N2O2S.BrH/c1-14-5-2-3-6-17(14)24(20-23-11-4-12-27-20)13-18(25)15-7-9-16(10-8-15)26-19(21)22;/h2-3,5-10,19H,4,11-13H2,1H3;1H. The fraction of sp³-hybridized carbons (Fsp3) is 0.300. The molecular weight excluding hydrogens is 450 g/mol. The van der Waals surface area contributed by atoms with Gasteiger partial charge in [-0.3, -0.25) is 9.79 Å². The molecule has 1 heterocycles. The van der Waals surface area contributed by atoms with Crippen molar-refractivity contribution in [2.75, 3.05) is 23.7 Å². The van der Waals surface area contributed by atoms with Crippen LogP contribution in [0.25, 0.3) is 0 Å². The maximum Gasteiger partial charge on any atom is 0.387 e. The van der Waals surface area contributed by atoms with Crippen molar-refractivity contribution in [3.63, 3.8) is 0 Å². The monoisotopic (exact) mass is 470 g/mol. The number of anilines is 1. The van der Waals surface area contributed by atoms with Gasteiger partial charge in [-0.25, -0.2) is 0 Å². The van der Waals surface area contributed by atoms with Crippen LogP contribution in [0.15, 0.2) is 53.5 Å². The Morgan fingerprint density at radius 2 is 1.93 bits per heavy atom. The lowest BCUT2D eigenvalue weighted by Crippen LogP contribution is -2.36. The first-order valence-electron chi connectivity index (χ1n) is 8.63. The van der Waals surface area contributed by atoms with Gasteiger partial charge in [0.15, 0.2) is 11.0 Å². The highest BCUT2D eigenvalue weighted by molar-refractivity contribution is 8.93. The van der Waals surface area contributed by atoms with Gasteiger partial charge in [-0.1, -0.05) is 30.0 Å². The van der Waals surface area contributed by atoms with Crippen molar-refractivity contribution >= 4 is 45.4 Å². The van der Waals surface area contributed by atoms with Gasteiger partial charge in [0.05, 0.1) is 6.54 Å². The summed E-state index contributed by atoms with van der Waals surface area (Å²) in [6.07, 6.45) is 1.02. The molecule has 0 spiro atoms. The van der Waals surface area contributed by atoms with Gasteiger partial charge in [-0.2, -0.15) is 8.78 Å². The summed E-state index contributed by atoms with van der Waals surface area (Å²) >= 11 is 1.64. The summed E-state index contributed by atoms with van der Waals surface area (Å²) in [5.41, 5.74) is 2.44. The summed E-state index contributed by atoms with van der Waals surface area (Å²) in [6.45, 7) is -0.00815. The Kier molecular flexibility index (Phi) is 8.44.